The third-order valence-electron chi connectivity index (χ3n) is 4.71. The van der Waals surface area contributed by atoms with E-state index in [2.05, 4.69) is 22.4 Å². The lowest BCUT2D eigenvalue weighted by molar-refractivity contribution is -0.123. The Hall–Kier alpha value is -3.03. The van der Waals surface area contributed by atoms with Crippen molar-refractivity contribution in [2.75, 3.05) is 24.7 Å². The molecule has 2 heterocycles. The quantitative estimate of drug-likeness (QED) is 0.493. The topological polar surface area (TPSA) is 54.5 Å². The number of methoxy groups -OCH3 is 1. The van der Waals surface area contributed by atoms with E-state index in [-0.39, 0.29) is 5.91 Å². The molecule has 1 aliphatic rings. The van der Waals surface area contributed by atoms with Crippen molar-refractivity contribution in [1.29, 1.82) is 0 Å². The Bertz CT molecular complexity index is 1080. The second-order valence-electron chi connectivity index (χ2n) is 6.84. The maximum absolute atomic E-state index is 12.7. The SMILES string of the molecule is COc1ccc(/C=C/C(=O)N2CCS/C2=C/c2csc(NCc3ccccc3)n2)cc1. The van der Waals surface area contributed by atoms with Gasteiger partial charge in [0.2, 0.25) is 0 Å². The first-order chi connectivity index (χ1) is 15.2. The second-order valence-corrected chi connectivity index (χ2v) is 8.82. The van der Waals surface area contributed by atoms with Crippen molar-refractivity contribution in [3.8, 4) is 5.75 Å². The lowest BCUT2D eigenvalue weighted by Crippen LogP contribution is -2.24. The number of hydrogen-bond acceptors (Lipinski definition) is 6. The molecule has 1 amide bonds. The maximum atomic E-state index is 12.7. The minimum Gasteiger partial charge on any atom is -0.497 e. The highest BCUT2D eigenvalue weighted by atomic mass is 32.2. The fourth-order valence-electron chi connectivity index (χ4n) is 3.07. The zero-order valence-corrected chi connectivity index (χ0v) is 18.8. The smallest absolute Gasteiger partial charge is 0.251 e. The Labute approximate surface area is 190 Å². The molecule has 0 aliphatic carbocycles. The minimum absolute atomic E-state index is 0.0234. The summed E-state index contributed by atoms with van der Waals surface area (Å²) in [6, 6.07) is 17.9. The first-order valence-electron chi connectivity index (χ1n) is 9.93. The summed E-state index contributed by atoms with van der Waals surface area (Å²) in [5.74, 6) is 1.66. The van der Waals surface area contributed by atoms with E-state index in [1.54, 1.807) is 41.2 Å². The molecule has 3 aromatic rings. The van der Waals surface area contributed by atoms with E-state index in [0.29, 0.717) is 6.54 Å². The van der Waals surface area contributed by atoms with Gasteiger partial charge in [0, 0.05) is 30.3 Å². The van der Waals surface area contributed by atoms with Crippen molar-refractivity contribution in [2.45, 2.75) is 6.54 Å². The molecule has 1 saturated heterocycles. The monoisotopic (exact) mass is 449 g/mol. The van der Waals surface area contributed by atoms with Crippen LogP contribution in [0.15, 0.2) is 71.1 Å². The largest absolute Gasteiger partial charge is 0.497 e. The predicted octanol–water partition coefficient (Wildman–Crippen LogP) is 5.35. The van der Waals surface area contributed by atoms with Gasteiger partial charge >= 0.3 is 0 Å². The standard InChI is InChI=1S/C24H23N3O2S2/c1-29-21-10-7-18(8-11-21)9-12-22(28)27-13-14-30-23(27)15-20-17-31-24(26-20)25-16-19-5-3-2-4-6-19/h2-12,15,17H,13-14,16H2,1H3,(H,25,26)/b12-9+,23-15+. The summed E-state index contributed by atoms with van der Waals surface area (Å²) in [6.07, 6.45) is 5.44. The van der Waals surface area contributed by atoms with Crippen molar-refractivity contribution < 1.29 is 9.53 Å². The van der Waals surface area contributed by atoms with Crippen molar-refractivity contribution in [3.05, 3.63) is 87.9 Å². The molecular weight excluding hydrogens is 426 g/mol. The van der Waals surface area contributed by atoms with Gasteiger partial charge in [-0.25, -0.2) is 4.98 Å². The Kier molecular flexibility index (Phi) is 7.07. The number of aromatic nitrogens is 1. The van der Waals surface area contributed by atoms with Crippen LogP contribution in [0.5, 0.6) is 5.75 Å². The summed E-state index contributed by atoms with van der Waals surface area (Å²) in [5, 5.41) is 7.17. The van der Waals surface area contributed by atoms with Crippen LogP contribution >= 0.6 is 23.1 Å². The van der Waals surface area contributed by atoms with Crippen LogP contribution in [-0.2, 0) is 11.3 Å². The first kappa shape index (κ1) is 21.2. The summed E-state index contributed by atoms with van der Waals surface area (Å²) in [6.45, 7) is 1.44. The fourth-order valence-corrected chi connectivity index (χ4v) is 4.77. The number of thiazole rings is 1. The van der Waals surface area contributed by atoms with Gasteiger partial charge in [-0.1, -0.05) is 42.5 Å². The van der Waals surface area contributed by atoms with Crippen molar-refractivity contribution in [3.63, 3.8) is 0 Å². The highest BCUT2D eigenvalue weighted by Gasteiger charge is 2.22. The zero-order chi connectivity index (χ0) is 21.5. The van der Waals surface area contributed by atoms with Crippen LogP contribution in [0.3, 0.4) is 0 Å². The number of rotatable bonds is 7. The minimum atomic E-state index is -0.0234. The first-order valence-corrected chi connectivity index (χ1v) is 11.8. The molecule has 5 nitrogen and oxygen atoms in total. The van der Waals surface area contributed by atoms with Gasteiger partial charge in [0.15, 0.2) is 5.13 Å². The van der Waals surface area contributed by atoms with E-state index in [9.17, 15) is 4.79 Å². The highest BCUT2D eigenvalue weighted by Crippen LogP contribution is 2.31. The van der Waals surface area contributed by atoms with Gasteiger partial charge in [-0.05, 0) is 35.4 Å². The molecule has 0 bridgehead atoms. The Morgan fingerprint density at radius 1 is 1.19 bits per heavy atom. The van der Waals surface area contributed by atoms with Crippen LogP contribution in [-0.4, -0.2) is 35.2 Å². The van der Waals surface area contributed by atoms with Crippen LogP contribution < -0.4 is 10.1 Å². The third kappa shape index (κ3) is 5.77. The Morgan fingerprint density at radius 3 is 2.77 bits per heavy atom. The third-order valence-corrected chi connectivity index (χ3v) is 6.55. The molecule has 1 aromatic heterocycles. The number of ether oxygens (including phenoxy) is 1. The van der Waals surface area contributed by atoms with Gasteiger partial charge in [-0.3, -0.25) is 4.79 Å². The molecule has 4 rings (SSSR count). The van der Waals surface area contributed by atoms with Gasteiger partial charge < -0.3 is 15.0 Å². The number of carbonyl (C=O) groups is 1. The number of carbonyl (C=O) groups excluding carboxylic acids is 1. The number of nitrogens with zero attached hydrogens (tertiary/aromatic N) is 2. The molecule has 1 fully saturated rings. The van der Waals surface area contributed by atoms with Gasteiger partial charge in [-0.15, -0.1) is 23.1 Å². The Balaban J connectivity index is 1.38. The van der Waals surface area contributed by atoms with Gasteiger partial charge in [-0.2, -0.15) is 0 Å². The van der Waals surface area contributed by atoms with E-state index in [1.165, 1.54) is 5.56 Å². The van der Waals surface area contributed by atoms with Crippen LogP contribution in [0.2, 0.25) is 0 Å². The van der Waals surface area contributed by atoms with E-state index in [4.69, 9.17) is 4.74 Å². The zero-order valence-electron chi connectivity index (χ0n) is 17.2. The molecule has 2 aromatic carbocycles. The van der Waals surface area contributed by atoms with E-state index in [1.807, 2.05) is 60.0 Å². The molecule has 0 spiro atoms. The number of thioether (sulfide) groups is 1. The second kappa shape index (κ2) is 10.3. The molecule has 1 aliphatic heterocycles. The molecule has 158 valence electrons. The molecule has 31 heavy (non-hydrogen) atoms. The number of anilines is 1. The van der Waals surface area contributed by atoms with Crippen LogP contribution in [0.1, 0.15) is 16.8 Å². The van der Waals surface area contributed by atoms with Gasteiger partial charge in [0.05, 0.1) is 17.8 Å². The highest BCUT2D eigenvalue weighted by molar-refractivity contribution is 8.03. The molecule has 1 N–H and O–H groups in total. The van der Waals surface area contributed by atoms with E-state index < -0.39 is 0 Å². The summed E-state index contributed by atoms with van der Waals surface area (Å²) in [5.41, 5.74) is 3.03. The average Bonchev–Trinajstić information content (AvgIpc) is 3.47. The lowest BCUT2D eigenvalue weighted by atomic mass is 10.2. The lowest BCUT2D eigenvalue weighted by Gasteiger charge is -2.14. The number of hydrogen-bond donors (Lipinski definition) is 1. The molecule has 0 saturated carbocycles. The molecule has 0 unspecified atom stereocenters. The molecule has 0 atom stereocenters. The summed E-state index contributed by atoms with van der Waals surface area (Å²) >= 11 is 3.25. The number of benzene rings is 2. The summed E-state index contributed by atoms with van der Waals surface area (Å²) in [7, 11) is 1.64. The van der Waals surface area contributed by atoms with Crippen molar-refractivity contribution in [1.82, 2.24) is 9.88 Å². The molecular formula is C24H23N3O2S2. The normalized spacial score (nSPS) is 15.0. The predicted molar refractivity (Wildman–Crippen MR) is 130 cm³/mol. The van der Waals surface area contributed by atoms with E-state index in [0.717, 1.165) is 39.5 Å². The van der Waals surface area contributed by atoms with Gasteiger partial charge in [0.1, 0.15) is 5.75 Å². The maximum Gasteiger partial charge on any atom is 0.251 e. The summed E-state index contributed by atoms with van der Waals surface area (Å²) in [4.78, 5) is 19.2. The fraction of sp³-hybridized carbons (Fsp3) is 0.167. The van der Waals surface area contributed by atoms with Crippen LogP contribution in [0.4, 0.5) is 5.13 Å². The molecule has 7 heteroatoms. The molecule has 0 radical (unpaired) electrons. The van der Waals surface area contributed by atoms with Crippen molar-refractivity contribution in [2.24, 2.45) is 0 Å². The number of amides is 1. The van der Waals surface area contributed by atoms with Crippen LogP contribution in [0.25, 0.3) is 12.2 Å². The average molecular weight is 450 g/mol. The Morgan fingerprint density at radius 2 is 2.00 bits per heavy atom. The van der Waals surface area contributed by atoms with Gasteiger partial charge in [0.25, 0.3) is 5.91 Å². The summed E-state index contributed by atoms with van der Waals surface area (Å²) < 4.78 is 5.17. The number of nitrogens with one attached hydrogen (secondary N) is 1. The van der Waals surface area contributed by atoms with Crippen LogP contribution in [0, 0.1) is 0 Å². The van der Waals surface area contributed by atoms with E-state index >= 15 is 0 Å². The van der Waals surface area contributed by atoms with Crippen molar-refractivity contribution >= 4 is 46.3 Å².